The van der Waals surface area contributed by atoms with Gasteiger partial charge in [-0.15, -0.1) is 12.4 Å². The van der Waals surface area contributed by atoms with Crippen molar-refractivity contribution in [1.82, 2.24) is 14.8 Å². The fourth-order valence-corrected chi connectivity index (χ4v) is 2.28. The first kappa shape index (κ1) is 16.2. The Bertz CT molecular complexity index is 695. The Morgan fingerprint density at radius 2 is 1.55 bits per heavy atom. The van der Waals surface area contributed by atoms with Crippen molar-refractivity contribution in [1.29, 1.82) is 0 Å². The number of benzene rings is 2. The SMILES string of the molecule is Cl.NCCc1nc(-c2ccccc2)nn1Cc1ccccc1. The molecule has 3 aromatic rings. The highest BCUT2D eigenvalue weighted by molar-refractivity contribution is 5.85. The summed E-state index contributed by atoms with van der Waals surface area (Å²) in [4.78, 5) is 4.64. The Kier molecular flexibility index (Phi) is 5.69. The van der Waals surface area contributed by atoms with Gasteiger partial charge < -0.3 is 5.73 Å². The van der Waals surface area contributed by atoms with E-state index in [-0.39, 0.29) is 12.4 Å². The lowest BCUT2D eigenvalue weighted by Crippen LogP contribution is -2.11. The van der Waals surface area contributed by atoms with Gasteiger partial charge >= 0.3 is 0 Å². The fraction of sp³-hybridized carbons (Fsp3) is 0.176. The summed E-state index contributed by atoms with van der Waals surface area (Å²) in [5.41, 5.74) is 7.93. The number of hydrogen-bond donors (Lipinski definition) is 1. The van der Waals surface area contributed by atoms with Gasteiger partial charge in [-0.05, 0) is 12.1 Å². The number of nitrogens with zero attached hydrogens (tertiary/aromatic N) is 3. The summed E-state index contributed by atoms with van der Waals surface area (Å²) >= 11 is 0. The van der Waals surface area contributed by atoms with Gasteiger partial charge in [0.15, 0.2) is 5.82 Å². The molecule has 0 saturated heterocycles. The molecule has 0 atom stereocenters. The number of rotatable bonds is 5. The average molecular weight is 315 g/mol. The molecule has 5 heteroatoms. The van der Waals surface area contributed by atoms with Gasteiger partial charge in [0.1, 0.15) is 5.82 Å². The van der Waals surface area contributed by atoms with Crippen LogP contribution in [0.4, 0.5) is 0 Å². The van der Waals surface area contributed by atoms with Crippen molar-refractivity contribution in [3.63, 3.8) is 0 Å². The van der Waals surface area contributed by atoms with Crippen LogP contribution >= 0.6 is 12.4 Å². The number of hydrogen-bond acceptors (Lipinski definition) is 3. The Balaban J connectivity index is 0.00000176. The molecule has 2 N–H and O–H groups in total. The van der Waals surface area contributed by atoms with Crippen molar-refractivity contribution in [2.75, 3.05) is 6.54 Å². The van der Waals surface area contributed by atoms with Gasteiger partial charge in [-0.1, -0.05) is 60.7 Å². The van der Waals surface area contributed by atoms with Gasteiger partial charge in [0.2, 0.25) is 0 Å². The maximum atomic E-state index is 5.69. The topological polar surface area (TPSA) is 56.7 Å². The van der Waals surface area contributed by atoms with Crippen molar-refractivity contribution in [3.8, 4) is 11.4 Å². The predicted octanol–water partition coefficient (Wildman–Crippen LogP) is 2.92. The van der Waals surface area contributed by atoms with Crippen molar-refractivity contribution < 1.29 is 0 Å². The molecular formula is C17H19ClN4. The van der Waals surface area contributed by atoms with Crippen LogP contribution in [0, 0.1) is 0 Å². The Morgan fingerprint density at radius 3 is 2.18 bits per heavy atom. The molecule has 1 aromatic heterocycles. The molecule has 3 rings (SSSR count). The van der Waals surface area contributed by atoms with Crippen LogP contribution in [-0.2, 0) is 13.0 Å². The van der Waals surface area contributed by atoms with Gasteiger partial charge in [0, 0.05) is 12.0 Å². The lowest BCUT2D eigenvalue weighted by Gasteiger charge is -2.04. The van der Waals surface area contributed by atoms with Crippen LogP contribution in [0.25, 0.3) is 11.4 Å². The summed E-state index contributed by atoms with van der Waals surface area (Å²) in [6.07, 6.45) is 0.729. The minimum Gasteiger partial charge on any atom is -0.330 e. The van der Waals surface area contributed by atoms with E-state index in [0.29, 0.717) is 6.54 Å². The third-order valence-electron chi connectivity index (χ3n) is 3.32. The first-order valence-corrected chi connectivity index (χ1v) is 7.10. The second-order valence-electron chi connectivity index (χ2n) is 4.90. The maximum Gasteiger partial charge on any atom is 0.181 e. The molecule has 0 aliphatic carbocycles. The Labute approximate surface area is 136 Å². The second kappa shape index (κ2) is 7.73. The van der Waals surface area contributed by atoms with E-state index in [1.54, 1.807) is 0 Å². The molecule has 0 aliphatic rings. The Morgan fingerprint density at radius 1 is 0.909 bits per heavy atom. The molecule has 0 spiro atoms. The normalized spacial score (nSPS) is 10.2. The molecule has 0 aliphatic heterocycles. The van der Waals surface area contributed by atoms with Crippen LogP contribution < -0.4 is 5.73 Å². The minimum atomic E-state index is 0. The highest BCUT2D eigenvalue weighted by Gasteiger charge is 2.11. The van der Waals surface area contributed by atoms with Crippen molar-refractivity contribution in [2.24, 2.45) is 5.73 Å². The first-order valence-electron chi connectivity index (χ1n) is 7.10. The molecule has 0 bridgehead atoms. The third kappa shape index (κ3) is 3.72. The summed E-state index contributed by atoms with van der Waals surface area (Å²) in [5, 5.41) is 4.64. The number of aromatic nitrogens is 3. The Hall–Kier alpha value is -2.17. The molecule has 0 saturated carbocycles. The van der Waals surface area contributed by atoms with Crippen LogP contribution in [0.15, 0.2) is 60.7 Å². The zero-order valence-corrected chi connectivity index (χ0v) is 13.0. The van der Waals surface area contributed by atoms with Gasteiger partial charge in [-0.25, -0.2) is 9.67 Å². The lowest BCUT2D eigenvalue weighted by molar-refractivity contribution is 0.636. The molecule has 1 heterocycles. The zero-order chi connectivity index (χ0) is 14.5. The third-order valence-corrected chi connectivity index (χ3v) is 3.32. The van der Waals surface area contributed by atoms with Gasteiger partial charge in [-0.3, -0.25) is 0 Å². The van der Waals surface area contributed by atoms with E-state index in [2.05, 4.69) is 22.2 Å². The molecule has 0 unspecified atom stereocenters. The van der Waals surface area contributed by atoms with Crippen molar-refractivity contribution >= 4 is 12.4 Å². The number of halogens is 1. The van der Waals surface area contributed by atoms with Crippen molar-refractivity contribution in [3.05, 3.63) is 72.1 Å². The lowest BCUT2D eigenvalue weighted by atomic mass is 10.2. The molecule has 0 amide bonds. The first-order chi connectivity index (χ1) is 10.4. The quantitative estimate of drug-likeness (QED) is 0.788. The van der Waals surface area contributed by atoms with E-state index in [1.165, 1.54) is 5.56 Å². The van der Waals surface area contributed by atoms with E-state index >= 15 is 0 Å². The molecule has 0 radical (unpaired) electrons. The van der Waals surface area contributed by atoms with Gasteiger partial charge in [0.05, 0.1) is 6.54 Å². The molecule has 4 nitrogen and oxygen atoms in total. The predicted molar refractivity (Wildman–Crippen MR) is 91.0 cm³/mol. The molecule has 2 aromatic carbocycles. The largest absolute Gasteiger partial charge is 0.330 e. The van der Waals surface area contributed by atoms with E-state index in [9.17, 15) is 0 Å². The summed E-state index contributed by atoms with van der Waals surface area (Å²) < 4.78 is 1.95. The monoisotopic (exact) mass is 314 g/mol. The maximum absolute atomic E-state index is 5.69. The standard InChI is InChI=1S/C17H18N4.ClH/c18-12-11-16-19-17(15-9-5-2-6-10-15)20-21(16)13-14-7-3-1-4-8-14;/h1-10H,11-13,18H2;1H. The van der Waals surface area contributed by atoms with Crippen LogP contribution in [0.1, 0.15) is 11.4 Å². The second-order valence-corrected chi connectivity index (χ2v) is 4.90. The van der Waals surface area contributed by atoms with Gasteiger partial charge in [-0.2, -0.15) is 5.10 Å². The summed E-state index contributed by atoms with van der Waals surface area (Å²) in [7, 11) is 0. The molecule has 0 fully saturated rings. The van der Waals surface area contributed by atoms with E-state index in [1.807, 2.05) is 53.2 Å². The summed E-state index contributed by atoms with van der Waals surface area (Å²) in [5.74, 6) is 1.69. The van der Waals surface area contributed by atoms with E-state index < -0.39 is 0 Å². The minimum absolute atomic E-state index is 0. The van der Waals surface area contributed by atoms with Crippen LogP contribution in [0.5, 0.6) is 0 Å². The summed E-state index contributed by atoms with van der Waals surface area (Å²) in [6, 6.07) is 20.3. The molecule has 22 heavy (non-hydrogen) atoms. The van der Waals surface area contributed by atoms with Crippen LogP contribution in [0.2, 0.25) is 0 Å². The van der Waals surface area contributed by atoms with E-state index in [0.717, 1.165) is 30.2 Å². The van der Waals surface area contributed by atoms with E-state index in [4.69, 9.17) is 5.73 Å². The highest BCUT2D eigenvalue weighted by Crippen LogP contribution is 2.16. The summed E-state index contributed by atoms with van der Waals surface area (Å²) in [6.45, 7) is 1.29. The average Bonchev–Trinajstić information content (AvgIpc) is 2.93. The van der Waals surface area contributed by atoms with Crippen LogP contribution in [-0.4, -0.2) is 21.3 Å². The smallest absolute Gasteiger partial charge is 0.181 e. The number of nitrogens with two attached hydrogens (primary N) is 1. The molecular weight excluding hydrogens is 296 g/mol. The highest BCUT2D eigenvalue weighted by atomic mass is 35.5. The molecule has 114 valence electrons. The van der Waals surface area contributed by atoms with Gasteiger partial charge in [0.25, 0.3) is 0 Å². The zero-order valence-electron chi connectivity index (χ0n) is 12.2. The van der Waals surface area contributed by atoms with Crippen molar-refractivity contribution in [2.45, 2.75) is 13.0 Å². The van der Waals surface area contributed by atoms with Crippen LogP contribution in [0.3, 0.4) is 0 Å². The fourth-order valence-electron chi connectivity index (χ4n) is 2.28.